The third-order valence-electron chi connectivity index (χ3n) is 3.86. The molecule has 0 radical (unpaired) electrons. The van der Waals surface area contributed by atoms with Crippen molar-refractivity contribution in [3.63, 3.8) is 0 Å². The van der Waals surface area contributed by atoms with E-state index in [1.807, 2.05) is 4.90 Å². The molecule has 0 saturated carbocycles. The van der Waals surface area contributed by atoms with E-state index < -0.39 is 5.97 Å². The number of carboxylic acid groups (broad SMARTS) is 1. The maximum Gasteiger partial charge on any atom is 0.337 e. The highest BCUT2D eigenvalue weighted by Gasteiger charge is 2.27. The Morgan fingerprint density at radius 1 is 1.38 bits per heavy atom. The number of rotatable bonds is 3. The second kappa shape index (κ2) is 6.67. The van der Waals surface area contributed by atoms with Crippen LogP contribution in [0.15, 0.2) is 18.3 Å². The van der Waals surface area contributed by atoms with Crippen LogP contribution in [0.4, 0.5) is 0 Å². The Bertz CT molecular complexity index is 515. The molecule has 1 saturated heterocycles. The Labute approximate surface area is 124 Å². The molecule has 6 nitrogen and oxygen atoms in total. The highest BCUT2D eigenvalue weighted by atomic mass is 16.4. The zero-order valence-electron chi connectivity index (χ0n) is 12.5. The second-order valence-electron chi connectivity index (χ2n) is 5.41. The van der Waals surface area contributed by atoms with Gasteiger partial charge in [-0.25, -0.2) is 4.79 Å². The first kappa shape index (κ1) is 15.4. The molecule has 114 valence electrons. The number of likely N-dealkylation sites (N-methyl/N-ethyl adjacent to an activating group) is 1. The molecule has 1 atom stereocenters. The molecule has 1 N–H and O–H groups in total. The third kappa shape index (κ3) is 3.58. The van der Waals surface area contributed by atoms with Gasteiger partial charge in [-0.2, -0.15) is 0 Å². The number of hydrogen-bond acceptors (Lipinski definition) is 4. The van der Waals surface area contributed by atoms with Gasteiger partial charge in [0.15, 0.2) is 0 Å². The lowest BCUT2D eigenvalue weighted by Crippen LogP contribution is -2.43. The van der Waals surface area contributed by atoms with Crippen LogP contribution < -0.4 is 0 Å². The summed E-state index contributed by atoms with van der Waals surface area (Å²) in [5, 5.41) is 8.87. The number of amides is 1. The van der Waals surface area contributed by atoms with Crippen LogP contribution in [0, 0.1) is 0 Å². The molecule has 2 heterocycles. The topological polar surface area (TPSA) is 73.7 Å². The molecule has 1 aromatic heterocycles. The van der Waals surface area contributed by atoms with Crippen LogP contribution in [-0.4, -0.2) is 64.5 Å². The van der Waals surface area contributed by atoms with Crippen LogP contribution in [0.3, 0.4) is 0 Å². The maximum atomic E-state index is 12.6. The van der Waals surface area contributed by atoms with Crippen LogP contribution in [-0.2, 0) is 0 Å². The van der Waals surface area contributed by atoms with Gasteiger partial charge in [0.2, 0.25) is 0 Å². The van der Waals surface area contributed by atoms with E-state index in [-0.39, 0.29) is 17.5 Å². The molecule has 0 spiro atoms. The van der Waals surface area contributed by atoms with Crippen molar-refractivity contribution in [2.75, 3.05) is 26.7 Å². The van der Waals surface area contributed by atoms with Crippen molar-refractivity contribution in [3.8, 4) is 0 Å². The molecule has 2 rings (SSSR count). The van der Waals surface area contributed by atoms with Crippen molar-refractivity contribution in [3.05, 3.63) is 29.6 Å². The fourth-order valence-electron chi connectivity index (χ4n) is 2.65. The smallest absolute Gasteiger partial charge is 0.337 e. The van der Waals surface area contributed by atoms with Crippen molar-refractivity contribution in [1.29, 1.82) is 0 Å². The van der Waals surface area contributed by atoms with Crippen LogP contribution in [0.2, 0.25) is 0 Å². The predicted molar refractivity (Wildman–Crippen MR) is 78.4 cm³/mol. The second-order valence-corrected chi connectivity index (χ2v) is 5.41. The molecule has 1 aliphatic rings. The first-order chi connectivity index (χ1) is 10.0. The molecule has 21 heavy (non-hydrogen) atoms. The molecule has 0 bridgehead atoms. The van der Waals surface area contributed by atoms with E-state index in [0.717, 1.165) is 25.9 Å². The molecule has 1 amide bonds. The third-order valence-corrected chi connectivity index (χ3v) is 3.86. The van der Waals surface area contributed by atoms with E-state index in [1.54, 1.807) is 0 Å². The van der Waals surface area contributed by atoms with Gasteiger partial charge < -0.3 is 14.9 Å². The van der Waals surface area contributed by atoms with Crippen molar-refractivity contribution < 1.29 is 14.7 Å². The van der Waals surface area contributed by atoms with Crippen LogP contribution in [0.25, 0.3) is 0 Å². The highest BCUT2D eigenvalue weighted by molar-refractivity contribution is 5.94. The van der Waals surface area contributed by atoms with Gasteiger partial charge in [0, 0.05) is 25.3 Å². The standard InChI is InChI=1S/C15H21N3O3/c1-3-12-10-17(2)7-4-8-18(12)14(19)13-6-5-11(9-16-13)15(20)21/h5-6,9,12H,3-4,7-8,10H2,1-2H3,(H,20,21). The van der Waals surface area contributed by atoms with Gasteiger partial charge in [-0.3, -0.25) is 9.78 Å². The zero-order chi connectivity index (χ0) is 15.4. The molecule has 1 fully saturated rings. The van der Waals surface area contributed by atoms with E-state index in [1.165, 1.54) is 18.3 Å². The summed E-state index contributed by atoms with van der Waals surface area (Å²) in [4.78, 5) is 31.5. The first-order valence-electron chi connectivity index (χ1n) is 7.21. The van der Waals surface area contributed by atoms with Gasteiger partial charge in [-0.05, 0) is 38.6 Å². The molecule has 6 heteroatoms. The summed E-state index contributed by atoms with van der Waals surface area (Å²) in [5.74, 6) is -1.15. The lowest BCUT2D eigenvalue weighted by Gasteiger charge is -2.30. The quantitative estimate of drug-likeness (QED) is 0.909. The van der Waals surface area contributed by atoms with E-state index in [2.05, 4.69) is 23.9 Å². The molecule has 1 unspecified atom stereocenters. The summed E-state index contributed by atoms with van der Waals surface area (Å²) in [6.07, 6.45) is 3.07. The molecule has 1 aliphatic heterocycles. The number of aromatic nitrogens is 1. The van der Waals surface area contributed by atoms with Crippen molar-refractivity contribution in [1.82, 2.24) is 14.8 Å². The number of carbonyl (C=O) groups is 2. The Hall–Kier alpha value is -1.95. The number of pyridine rings is 1. The number of nitrogens with zero attached hydrogens (tertiary/aromatic N) is 3. The van der Waals surface area contributed by atoms with Crippen LogP contribution in [0.1, 0.15) is 40.6 Å². The zero-order valence-corrected chi connectivity index (χ0v) is 12.5. The number of carboxylic acids is 1. The molecular weight excluding hydrogens is 270 g/mol. The lowest BCUT2D eigenvalue weighted by atomic mass is 10.1. The van der Waals surface area contributed by atoms with Gasteiger partial charge >= 0.3 is 5.97 Å². The summed E-state index contributed by atoms with van der Waals surface area (Å²) in [6.45, 7) is 4.62. The fourth-order valence-corrected chi connectivity index (χ4v) is 2.65. The van der Waals surface area contributed by atoms with Crippen molar-refractivity contribution >= 4 is 11.9 Å². The summed E-state index contributed by atoms with van der Waals surface area (Å²) < 4.78 is 0. The van der Waals surface area contributed by atoms with Crippen LogP contribution >= 0.6 is 0 Å². The molecule has 1 aromatic rings. The van der Waals surface area contributed by atoms with Crippen LogP contribution in [0.5, 0.6) is 0 Å². The van der Waals surface area contributed by atoms with Gasteiger partial charge in [0.05, 0.1) is 5.56 Å². The molecule has 0 aliphatic carbocycles. The van der Waals surface area contributed by atoms with E-state index >= 15 is 0 Å². The largest absolute Gasteiger partial charge is 0.478 e. The number of aromatic carboxylic acids is 1. The van der Waals surface area contributed by atoms with E-state index in [4.69, 9.17) is 5.11 Å². The number of carbonyl (C=O) groups excluding carboxylic acids is 1. The monoisotopic (exact) mass is 291 g/mol. The van der Waals surface area contributed by atoms with Gasteiger partial charge in [0.1, 0.15) is 5.69 Å². The minimum absolute atomic E-state index is 0.0918. The Balaban J connectivity index is 2.18. The maximum absolute atomic E-state index is 12.6. The summed E-state index contributed by atoms with van der Waals surface area (Å²) in [6, 6.07) is 3.09. The SMILES string of the molecule is CCC1CN(C)CCCN1C(=O)c1ccc(C(=O)O)cn1. The predicted octanol–water partition coefficient (Wildman–Crippen LogP) is 1.34. The Morgan fingerprint density at radius 2 is 2.14 bits per heavy atom. The van der Waals surface area contributed by atoms with Crippen molar-refractivity contribution in [2.45, 2.75) is 25.8 Å². The normalized spacial score (nSPS) is 20.1. The average molecular weight is 291 g/mol. The molecule has 0 aromatic carbocycles. The summed E-state index contributed by atoms with van der Waals surface area (Å²) >= 11 is 0. The lowest BCUT2D eigenvalue weighted by molar-refractivity contribution is 0.0662. The average Bonchev–Trinajstić information content (AvgIpc) is 2.67. The number of hydrogen-bond donors (Lipinski definition) is 1. The first-order valence-corrected chi connectivity index (χ1v) is 7.21. The van der Waals surface area contributed by atoms with E-state index in [0.29, 0.717) is 12.2 Å². The summed E-state index contributed by atoms with van der Waals surface area (Å²) in [5.41, 5.74) is 0.400. The fraction of sp³-hybridized carbons (Fsp3) is 0.533. The van der Waals surface area contributed by atoms with Gasteiger partial charge in [-0.1, -0.05) is 6.92 Å². The minimum atomic E-state index is -1.04. The van der Waals surface area contributed by atoms with Crippen molar-refractivity contribution in [2.24, 2.45) is 0 Å². The van der Waals surface area contributed by atoms with Gasteiger partial charge in [-0.15, -0.1) is 0 Å². The molecular formula is C15H21N3O3. The summed E-state index contributed by atoms with van der Waals surface area (Å²) in [7, 11) is 2.07. The van der Waals surface area contributed by atoms with Gasteiger partial charge in [0.25, 0.3) is 5.91 Å². The van der Waals surface area contributed by atoms with E-state index in [9.17, 15) is 9.59 Å². The Morgan fingerprint density at radius 3 is 2.71 bits per heavy atom. The Kier molecular flexibility index (Phi) is 4.90. The highest BCUT2D eigenvalue weighted by Crippen LogP contribution is 2.15. The minimum Gasteiger partial charge on any atom is -0.478 e.